The van der Waals surface area contributed by atoms with E-state index in [0.717, 1.165) is 37.8 Å². The summed E-state index contributed by atoms with van der Waals surface area (Å²) >= 11 is 0. The molecule has 1 N–H and O–H groups in total. The summed E-state index contributed by atoms with van der Waals surface area (Å²) in [5.41, 5.74) is -0.773. The second kappa shape index (κ2) is 5.35. The third-order valence-electron chi connectivity index (χ3n) is 4.25. The fourth-order valence-electron chi connectivity index (χ4n) is 3.04. The van der Waals surface area contributed by atoms with Crippen LogP contribution in [0.1, 0.15) is 37.1 Å². The Morgan fingerprint density at radius 1 is 1.23 bits per heavy atom. The molecular weight excluding hydrogens is 295 g/mol. The zero-order valence-electron chi connectivity index (χ0n) is 12.1. The summed E-state index contributed by atoms with van der Waals surface area (Å²) in [7, 11) is 1.83. The maximum atomic E-state index is 12.9. The van der Waals surface area contributed by atoms with Crippen LogP contribution < -0.4 is 5.32 Å². The molecule has 0 amide bonds. The molecule has 1 heterocycles. The number of rotatable bonds is 3. The van der Waals surface area contributed by atoms with Crippen LogP contribution in [-0.4, -0.2) is 27.3 Å². The van der Waals surface area contributed by atoms with Gasteiger partial charge in [0.1, 0.15) is 0 Å². The minimum atomic E-state index is -4.39. The Kier molecular flexibility index (Phi) is 3.64. The van der Waals surface area contributed by atoms with E-state index in [1.54, 1.807) is 6.07 Å². The molecule has 0 radical (unpaired) electrons. The maximum absolute atomic E-state index is 12.9. The molecule has 0 spiro atoms. The summed E-state index contributed by atoms with van der Waals surface area (Å²) < 4.78 is 40.0. The summed E-state index contributed by atoms with van der Waals surface area (Å²) in [6.45, 7) is 0. The number of benzene rings is 1. The standard InChI is InChI=1S/C14H16F3N5/c1-18-13(7-2-3-8-13)12-19-20-21-22(12)11-6-4-5-10(9-11)14(15,16)17/h4-6,9,18H,2-3,7-8H2,1H3. The molecule has 22 heavy (non-hydrogen) atoms. The van der Waals surface area contributed by atoms with Crippen LogP contribution in [-0.2, 0) is 11.7 Å². The van der Waals surface area contributed by atoms with Gasteiger partial charge in [0.2, 0.25) is 0 Å². The van der Waals surface area contributed by atoms with Crippen molar-refractivity contribution in [3.8, 4) is 5.69 Å². The Hall–Kier alpha value is -1.96. The van der Waals surface area contributed by atoms with Crippen LogP contribution in [0.4, 0.5) is 13.2 Å². The van der Waals surface area contributed by atoms with Gasteiger partial charge in [-0.05, 0) is 48.5 Å². The topological polar surface area (TPSA) is 55.6 Å². The number of nitrogens with zero attached hydrogens (tertiary/aromatic N) is 4. The quantitative estimate of drug-likeness (QED) is 0.947. The van der Waals surface area contributed by atoms with Gasteiger partial charge in [-0.25, -0.2) is 0 Å². The zero-order valence-corrected chi connectivity index (χ0v) is 12.1. The van der Waals surface area contributed by atoms with E-state index in [-0.39, 0.29) is 5.54 Å². The van der Waals surface area contributed by atoms with Crippen molar-refractivity contribution in [1.29, 1.82) is 0 Å². The number of aromatic nitrogens is 4. The van der Waals surface area contributed by atoms with E-state index < -0.39 is 11.7 Å². The molecule has 0 saturated heterocycles. The van der Waals surface area contributed by atoms with E-state index >= 15 is 0 Å². The average molecular weight is 311 g/mol. The molecule has 0 aliphatic heterocycles. The van der Waals surface area contributed by atoms with Crippen LogP contribution in [0.5, 0.6) is 0 Å². The smallest absolute Gasteiger partial charge is 0.308 e. The summed E-state index contributed by atoms with van der Waals surface area (Å²) in [5.74, 6) is 0.562. The van der Waals surface area contributed by atoms with E-state index in [0.29, 0.717) is 11.5 Å². The normalized spacial score (nSPS) is 17.8. The minimum Gasteiger partial charge on any atom is -0.308 e. The maximum Gasteiger partial charge on any atom is 0.416 e. The molecule has 1 aromatic heterocycles. The molecule has 1 fully saturated rings. The Labute approximate surface area is 125 Å². The van der Waals surface area contributed by atoms with Crippen molar-refractivity contribution < 1.29 is 13.2 Å². The first-order chi connectivity index (χ1) is 10.5. The molecule has 0 unspecified atom stereocenters. The third-order valence-corrected chi connectivity index (χ3v) is 4.25. The van der Waals surface area contributed by atoms with E-state index in [1.165, 1.54) is 10.7 Å². The van der Waals surface area contributed by atoms with Gasteiger partial charge in [-0.1, -0.05) is 18.9 Å². The number of halogens is 3. The largest absolute Gasteiger partial charge is 0.416 e. The predicted octanol–water partition coefficient (Wildman–Crippen LogP) is 2.67. The predicted molar refractivity (Wildman–Crippen MR) is 73.4 cm³/mol. The zero-order chi connectivity index (χ0) is 15.8. The minimum absolute atomic E-state index is 0.316. The van der Waals surface area contributed by atoms with Crippen molar-refractivity contribution in [2.45, 2.75) is 37.4 Å². The third kappa shape index (κ3) is 2.47. The highest BCUT2D eigenvalue weighted by atomic mass is 19.4. The molecule has 3 rings (SSSR count). The van der Waals surface area contributed by atoms with Gasteiger partial charge in [0, 0.05) is 0 Å². The molecule has 1 aliphatic carbocycles. The van der Waals surface area contributed by atoms with E-state index in [4.69, 9.17) is 0 Å². The number of tetrazole rings is 1. The van der Waals surface area contributed by atoms with Crippen LogP contribution in [0.2, 0.25) is 0 Å². The van der Waals surface area contributed by atoms with Gasteiger partial charge in [-0.2, -0.15) is 17.9 Å². The highest BCUT2D eigenvalue weighted by Gasteiger charge is 2.39. The molecule has 0 atom stereocenters. The van der Waals surface area contributed by atoms with Gasteiger partial charge >= 0.3 is 6.18 Å². The van der Waals surface area contributed by atoms with Crippen LogP contribution in [0.15, 0.2) is 24.3 Å². The lowest BCUT2D eigenvalue weighted by atomic mass is 9.96. The van der Waals surface area contributed by atoms with Gasteiger partial charge < -0.3 is 5.32 Å². The highest BCUT2D eigenvalue weighted by molar-refractivity contribution is 5.37. The number of nitrogens with one attached hydrogen (secondary N) is 1. The Morgan fingerprint density at radius 2 is 1.95 bits per heavy atom. The first-order valence-corrected chi connectivity index (χ1v) is 7.12. The number of hydrogen-bond donors (Lipinski definition) is 1. The fourth-order valence-corrected chi connectivity index (χ4v) is 3.04. The Bertz CT molecular complexity index is 658. The monoisotopic (exact) mass is 311 g/mol. The van der Waals surface area contributed by atoms with Crippen LogP contribution >= 0.6 is 0 Å². The summed E-state index contributed by atoms with van der Waals surface area (Å²) in [6, 6.07) is 5.05. The lowest BCUT2D eigenvalue weighted by molar-refractivity contribution is -0.137. The van der Waals surface area contributed by atoms with Crippen LogP contribution in [0, 0.1) is 0 Å². The van der Waals surface area contributed by atoms with Crippen LogP contribution in [0.25, 0.3) is 5.69 Å². The molecule has 8 heteroatoms. The van der Waals surface area contributed by atoms with E-state index in [1.807, 2.05) is 7.05 Å². The Morgan fingerprint density at radius 3 is 2.59 bits per heavy atom. The van der Waals surface area contributed by atoms with E-state index in [9.17, 15) is 13.2 Å². The number of hydrogen-bond acceptors (Lipinski definition) is 4. The average Bonchev–Trinajstić information content (AvgIpc) is 3.16. The second-order valence-corrected chi connectivity index (χ2v) is 5.50. The molecular formula is C14H16F3N5. The van der Waals surface area contributed by atoms with Crippen molar-refractivity contribution in [1.82, 2.24) is 25.5 Å². The lowest BCUT2D eigenvalue weighted by Crippen LogP contribution is -2.39. The molecule has 2 aromatic rings. The molecule has 118 valence electrons. The van der Waals surface area contributed by atoms with Crippen molar-refractivity contribution in [3.63, 3.8) is 0 Å². The first kappa shape index (κ1) is 15.0. The molecule has 5 nitrogen and oxygen atoms in total. The van der Waals surface area contributed by atoms with E-state index in [2.05, 4.69) is 20.8 Å². The van der Waals surface area contributed by atoms with Crippen molar-refractivity contribution in [3.05, 3.63) is 35.7 Å². The van der Waals surface area contributed by atoms with Crippen LogP contribution in [0.3, 0.4) is 0 Å². The van der Waals surface area contributed by atoms with Gasteiger partial charge in [-0.15, -0.1) is 5.10 Å². The molecule has 0 bridgehead atoms. The fraction of sp³-hybridized carbons (Fsp3) is 0.500. The molecule has 1 aromatic carbocycles. The summed E-state index contributed by atoms with van der Waals surface area (Å²) in [6.07, 6.45) is -0.587. The summed E-state index contributed by atoms with van der Waals surface area (Å²) in [5, 5.41) is 14.9. The van der Waals surface area contributed by atoms with Gasteiger partial charge in [-0.3, -0.25) is 0 Å². The lowest BCUT2D eigenvalue weighted by Gasteiger charge is -2.27. The van der Waals surface area contributed by atoms with Gasteiger partial charge in [0.05, 0.1) is 16.8 Å². The highest BCUT2D eigenvalue weighted by Crippen LogP contribution is 2.38. The van der Waals surface area contributed by atoms with Crippen molar-refractivity contribution in [2.75, 3.05) is 7.05 Å². The van der Waals surface area contributed by atoms with Gasteiger partial charge in [0.15, 0.2) is 5.82 Å². The van der Waals surface area contributed by atoms with Gasteiger partial charge in [0.25, 0.3) is 0 Å². The number of alkyl halides is 3. The Balaban J connectivity index is 2.06. The second-order valence-electron chi connectivity index (χ2n) is 5.50. The van der Waals surface area contributed by atoms with Crippen molar-refractivity contribution in [2.24, 2.45) is 0 Å². The molecule has 1 aliphatic rings. The first-order valence-electron chi connectivity index (χ1n) is 7.12. The SMILES string of the molecule is CNC1(c2nnnn2-c2cccc(C(F)(F)F)c2)CCCC1. The summed E-state index contributed by atoms with van der Waals surface area (Å²) in [4.78, 5) is 0. The molecule has 1 saturated carbocycles. The van der Waals surface area contributed by atoms with Crippen molar-refractivity contribution >= 4 is 0 Å².